The van der Waals surface area contributed by atoms with Crippen LogP contribution < -0.4 is 0 Å². The summed E-state index contributed by atoms with van der Waals surface area (Å²) in [5.41, 5.74) is 3.76. The van der Waals surface area contributed by atoms with Gasteiger partial charge in [0.15, 0.2) is 0 Å². The molecule has 0 aliphatic carbocycles. The van der Waals surface area contributed by atoms with Gasteiger partial charge < -0.3 is 0 Å². The number of thiophene rings is 1. The Kier molecular flexibility index (Phi) is 5.47. The molecule has 0 bridgehead atoms. The van der Waals surface area contributed by atoms with Gasteiger partial charge in [0.25, 0.3) is 0 Å². The van der Waals surface area contributed by atoms with Gasteiger partial charge in [-0.2, -0.15) is 5.26 Å². The number of rotatable bonds is 5. The normalized spacial score (nSPS) is 10.6. The number of benzene rings is 1. The molecule has 3 nitrogen and oxygen atoms in total. The summed E-state index contributed by atoms with van der Waals surface area (Å²) in [5.74, 6) is 0.304. The number of thioether (sulfide) groups is 1. The van der Waals surface area contributed by atoms with E-state index in [1.807, 2.05) is 41.8 Å². The van der Waals surface area contributed by atoms with Gasteiger partial charge in [0.05, 0.1) is 21.8 Å². The highest BCUT2D eigenvalue weighted by Crippen LogP contribution is 2.36. The van der Waals surface area contributed by atoms with Crippen molar-refractivity contribution in [1.29, 1.82) is 5.26 Å². The third-order valence-electron chi connectivity index (χ3n) is 4.11. The highest BCUT2D eigenvalue weighted by molar-refractivity contribution is 7.98. The van der Waals surface area contributed by atoms with Crippen LogP contribution in [0.4, 0.5) is 4.39 Å². The van der Waals surface area contributed by atoms with Gasteiger partial charge >= 0.3 is 0 Å². The topological polar surface area (TPSA) is 49.6 Å². The molecule has 28 heavy (non-hydrogen) atoms. The van der Waals surface area contributed by atoms with E-state index in [1.54, 1.807) is 29.7 Å². The fraction of sp³-hybridized carbons (Fsp3) is 0.0455. The summed E-state index contributed by atoms with van der Waals surface area (Å²) in [4.78, 5) is 10.1. The highest BCUT2D eigenvalue weighted by atomic mass is 32.2. The lowest BCUT2D eigenvalue weighted by Gasteiger charge is -2.12. The van der Waals surface area contributed by atoms with Gasteiger partial charge in [-0.15, -0.1) is 11.3 Å². The van der Waals surface area contributed by atoms with Gasteiger partial charge in [-0.05, 0) is 47.3 Å². The van der Waals surface area contributed by atoms with Crippen LogP contribution in [-0.4, -0.2) is 9.97 Å². The molecule has 3 aromatic heterocycles. The van der Waals surface area contributed by atoms with Crippen molar-refractivity contribution >= 4 is 23.1 Å². The summed E-state index contributed by atoms with van der Waals surface area (Å²) in [5, 5.41) is 12.5. The van der Waals surface area contributed by atoms with E-state index in [-0.39, 0.29) is 5.82 Å². The Bertz CT molecular complexity index is 1120. The third kappa shape index (κ3) is 3.96. The monoisotopic (exact) mass is 403 g/mol. The summed E-state index contributed by atoms with van der Waals surface area (Å²) in [6.45, 7) is 0. The van der Waals surface area contributed by atoms with Gasteiger partial charge in [0, 0.05) is 17.5 Å². The molecule has 4 aromatic rings. The van der Waals surface area contributed by atoms with Gasteiger partial charge in [-0.3, -0.25) is 4.98 Å². The predicted octanol–water partition coefficient (Wildman–Crippen LogP) is 6.18. The molecule has 0 aliphatic rings. The maximum atomic E-state index is 13.4. The summed E-state index contributed by atoms with van der Waals surface area (Å²) in [6, 6.07) is 20.1. The zero-order valence-electron chi connectivity index (χ0n) is 14.7. The Morgan fingerprint density at radius 3 is 2.61 bits per heavy atom. The second-order valence-electron chi connectivity index (χ2n) is 5.94. The minimum Gasteiger partial charge on any atom is -0.260 e. The lowest BCUT2D eigenvalue weighted by atomic mass is 10.0. The average Bonchev–Trinajstić information content (AvgIpc) is 3.28. The van der Waals surface area contributed by atoms with E-state index in [0.29, 0.717) is 16.3 Å². The number of nitriles is 1. The summed E-state index contributed by atoms with van der Waals surface area (Å²) in [6.07, 6.45) is 1.75. The Morgan fingerprint density at radius 1 is 1.07 bits per heavy atom. The van der Waals surface area contributed by atoms with E-state index in [0.717, 1.165) is 27.4 Å². The molecule has 1 aromatic carbocycles. The van der Waals surface area contributed by atoms with Crippen LogP contribution in [0.1, 0.15) is 11.3 Å². The van der Waals surface area contributed by atoms with Crippen LogP contribution >= 0.6 is 23.1 Å². The predicted molar refractivity (Wildman–Crippen MR) is 111 cm³/mol. The molecule has 0 N–H and O–H groups in total. The number of halogens is 1. The minimum atomic E-state index is -0.306. The van der Waals surface area contributed by atoms with Gasteiger partial charge in [0.2, 0.25) is 0 Å². The molecule has 3 heterocycles. The van der Waals surface area contributed by atoms with Crippen LogP contribution in [-0.2, 0) is 5.75 Å². The fourth-order valence-corrected chi connectivity index (χ4v) is 4.37. The Morgan fingerprint density at radius 2 is 1.93 bits per heavy atom. The molecular formula is C22H14FN3S2. The number of hydrogen-bond donors (Lipinski definition) is 0. The molecule has 0 spiro atoms. The van der Waals surface area contributed by atoms with E-state index in [4.69, 9.17) is 4.98 Å². The van der Waals surface area contributed by atoms with E-state index >= 15 is 0 Å². The quantitative estimate of drug-likeness (QED) is 0.374. The highest BCUT2D eigenvalue weighted by Gasteiger charge is 2.16. The molecule has 0 aliphatic heterocycles. The Balaban J connectivity index is 1.81. The second kappa shape index (κ2) is 8.34. The van der Waals surface area contributed by atoms with Crippen molar-refractivity contribution in [3.8, 4) is 27.8 Å². The van der Waals surface area contributed by atoms with Gasteiger partial charge in [0.1, 0.15) is 16.9 Å². The van der Waals surface area contributed by atoms with Crippen molar-refractivity contribution < 1.29 is 4.39 Å². The van der Waals surface area contributed by atoms with Crippen molar-refractivity contribution in [2.75, 3.05) is 0 Å². The molecule has 6 heteroatoms. The molecule has 0 radical (unpaired) electrons. The second-order valence-corrected chi connectivity index (χ2v) is 7.85. The van der Waals surface area contributed by atoms with E-state index < -0.39 is 0 Å². The van der Waals surface area contributed by atoms with E-state index in [2.05, 4.69) is 11.1 Å². The first-order chi connectivity index (χ1) is 13.7. The van der Waals surface area contributed by atoms with Crippen molar-refractivity contribution in [3.05, 3.63) is 89.3 Å². The summed E-state index contributed by atoms with van der Waals surface area (Å²) < 4.78 is 13.4. The first-order valence-electron chi connectivity index (χ1n) is 8.52. The molecule has 0 amide bonds. The van der Waals surface area contributed by atoms with Crippen molar-refractivity contribution in [3.63, 3.8) is 0 Å². The van der Waals surface area contributed by atoms with E-state index in [1.165, 1.54) is 23.9 Å². The molecule has 0 saturated carbocycles. The van der Waals surface area contributed by atoms with Crippen LogP contribution in [0.25, 0.3) is 21.7 Å². The van der Waals surface area contributed by atoms with Crippen molar-refractivity contribution in [2.45, 2.75) is 10.8 Å². The number of pyridine rings is 2. The minimum absolute atomic E-state index is 0.306. The van der Waals surface area contributed by atoms with Gasteiger partial charge in [-0.1, -0.05) is 36.0 Å². The number of nitrogens with zero attached hydrogens (tertiary/aromatic N) is 3. The Labute approximate surface area is 170 Å². The zero-order valence-corrected chi connectivity index (χ0v) is 16.3. The van der Waals surface area contributed by atoms with Crippen LogP contribution in [0.2, 0.25) is 0 Å². The number of hydrogen-bond acceptors (Lipinski definition) is 5. The largest absolute Gasteiger partial charge is 0.260 e. The molecule has 136 valence electrons. The average molecular weight is 404 g/mol. The maximum Gasteiger partial charge on any atom is 0.123 e. The first kappa shape index (κ1) is 18.4. The fourth-order valence-electron chi connectivity index (χ4n) is 2.77. The molecule has 0 atom stereocenters. The van der Waals surface area contributed by atoms with Gasteiger partial charge in [-0.25, -0.2) is 9.37 Å². The molecular weight excluding hydrogens is 389 g/mol. The molecule has 0 saturated heterocycles. The SMILES string of the molecule is N#Cc1c(-c2ccc(F)cc2)cc(-c2cccs2)nc1SCc1ccccn1. The van der Waals surface area contributed by atoms with Crippen LogP contribution in [0.5, 0.6) is 0 Å². The molecule has 4 rings (SSSR count). The van der Waals surface area contributed by atoms with Crippen LogP contribution in [0.3, 0.4) is 0 Å². The standard InChI is InChI=1S/C22H14FN3S2/c23-16-8-6-15(7-9-16)18-12-20(21-5-3-11-27-21)26-22(19(18)13-24)28-14-17-4-1-2-10-25-17/h1-12H,14H2. The maximum absolute atomic E-state index is 13.4. The molecule has 0 fully saturated rings. The van der Waals surface area contributed by atoms with Crippen molar-refractivity contribution in [1.82, 2.24) is 9.97 Å². The summed E-state index contributed by atoms with van der Waals surface area (Å²) >= 11 is 3.07. The summed E-state index contributed by atoms with van der Waals surface area (Å²) in [7, 11) is 0. The smallest absolute Gasteiger partial charge is 0.123 e. The lowest BCUT2D eigenvalue weighted by Crippen LogP contribution is -1.96. The Hall–Kier alpha value is -3.01. The first-order valence-corrected chi connectivity index (χ1v) is 10.4. The van der Waals surface area contributed by atoms with E-state index in [9.17, 15) is 9.65 Å². The van der Waals surface area contributed by atoms with Crippen LogP contribution in [0.15, 0.2) is 77.3 Å². The molecule has 0 unspecified atom stereocenters. The van der Waals surface area contributed by atoms with Crippen molar-refractivity contribution in [2.24, 2.45) is 0 Å². The lowest BCUT2D eigenvalue weighted by molar-refractivity contribution is 0.628. The zero-order chi connectivity index (χ0) is 19.3. The van der Waals surface area contributed by atoms with Crippen LogP contribution in [0, 0.1) is 17.1 Å². The third-order valence-corrected chi connectivity index (χ3v) is 6.01. The number of aromatic nitrogens is 2.